The molecule has 1 amide bonds. The molecule has 0 unspecified atom stereocenters. The summed E-state index contributed by atoms with van der Waals surface area (Å²) in [7, 11) is 3.69. The molecule has 6 heteroatoms. The molecule has 0 aromatic heterocycles. The van der Waals surface area contributed by atoms with E-state index in [-0.39, 0.29) is 17.7 Å². The number of benzene rings is 1. The maximum Gasteiger partial charge on any atom is 0.236 e. The zero-order valence-corrected chi connectivity index (χ0v) is 15.7. The van der Waals surface area contributed by atoms with Gasteiger partial charge < -0.3 is 14.9 Å². The van der Waals surface area contributed by atoms with Crippen molar-refractivity contribution in [3.8, 4) is 0 Å². The van der Waals surface area contributed by atoms with Crippen LogP contribution < -0.4 is 0 Å². The van der Waals surface area contributed by atoms with Gasteiger partial charge in [0.1, 0.15) is 11.4 Å². The number of piperidine rings is 1. The summed E-state index contributed by atoms with van der Waals surface area (Å²) in [6.07, 6.45) is 0. The number of likely N-dealkylation sites (N-methyl/N-ethyl adjacent to an activating group) is 1. The first kappa shape index (κ1) is 19.2. The van der Waals surface area contributed by atoms with Crippen molar-refractivity contribution in [3.63, 3.8) is 0 Å². The first-order chi connectivity index (χ1) is 11.1. The molecule has 134 valence electrons. The first-order valence-electron chi connectivity index (χ1n) is 8.18. The second kappa shape index (κ2) is 6.98. The molecule has 0 saturated carbocycles. The van der Waals surface area contributed by atoms with Crippen LogP contribution in [0.4, 0.5) is 4.39 Å². The number of aryl methyl sites for hydroxylation is 1. The largest absolute Gasteiger partial charge is 0.384 e. The van der Waals surface area contributed by atoms with Gasteiger partial charge in [-0.05, 0) is 38.7 Å². The van der Waals surface area contributed by atoms with Gasteiger partial charge in [0.15, 0.2) is 0 Å². The molecular formula is C18H26ClFN2O2. The molecule has 1 aliphatic heterocycles. The van der Waals surface area contributed by atoms with Gasteiger partial charge in [-0.3, -0.25) is 4.79 Å². The molecule has 1 saturated heterocycles. The Morgan fingerprint density at radius 1 is 1.38 bits per heavy atom. The smallest absolute Gasteiger partial charge is 0.236 e. The molecule has 1 N–H and O–H groups in total. The number of aliphatic hydroxyl groups is 1. The van der Waals surface area contributed by atoms with Crippen molar-refractivity contribution < 1.29 is 14.3 Å². The zero-order chi connectivity index (χ0) is 18.2. The summed E-state index contributed by atoms with van der Waals surface area (Å²) >= 11 is 5.91. The minimum Gasteiger partial charge on any atom is -0.384 e. The third-order valence-electron chi connectivity index (χ3n) is 4.95. The summed E-state index contributed by atoms with van der Waals surface area (Å²) in [4.78, 5) is 15.9. The van der Waals surface area contributed by atoms with Crippen molar-refractivity contribution in [2.75, 3.05) is 33.7 Å². The maximum absolute atomic E-state index is 14.6. The second-order valence-corrected chi connectivity index (χ2v) is 7.68. The van der Waals surface area contributed by atoms with Gasteiger partial charge >= 0.3 is 0 Å². The van der Waals surface area contributed by atoms with E-state index in [0.717, 1.165) is 0 Å². The van der Waals surface area contributed by atoms with E-state index in [1.165, 1.54) is 6.07 Å². The lowest BCUT2D eigenvalue weighted by atomic mass is 9.69. The van der Waals surface area contributed by atoms with E-state index in [1.807, 2.05) is 32.8 Å². The molecule has 1 aromatic rings. The maximum atomic E-state index is 14.6. The van der Waals surface area contributed by atoms with Gasteiger partial charge in [0.25, 0.3) is 0 Å². The van der Waals surface area contributed by atoms with Crippen molar-refractivity contribution in [1.82, 2.24) is 9.80 Å². The lowest BCUT2D eigenvalue weighted by Gasteiger charge is -2.48. The summed E-state index contributed by atoms with van der Waals surface area (Å²) in [5.74, 6) is -1.05. The predicted molar refractivity (Wildman–Crippen MR) is 93.5 cm³/mol. The number of halogens is 2. The molecule has 2 rings (SSSR count). The van der Waals surface area contributed by atoms with E-state index in [1.54, 1.807) is 17.9 Å². The van der Waals surface area contributed by atoms with Crippen molar-refractivity contribution in [1.29, 1.82) is 0 Å². The predicted octanol–water partition coefficient (Wildman–Crippen LogP) is 2.65. The summed E-state index contributed by atoms with van der Waals surface area (Å²) in [5, 5.41) is 11.7. The van der Waals surface area contributed by atoms with Crippen LogP contribution in [0.3, 0.4) is 0 Å². The monoisotopic (exact) mass is 356 g/mol. The number of carbonyl (C=O) groups is 1. The summed E-state index contributed by atoms with van der Waals surface area (Å²) in [5.41, 5.74) is -0.394. The van der Waals surface area contributed by atoms with Crippen LogP contribution in [0.1, 0.15) is 25.0 Å². The van der Waals surface area contributed by atoms with E-state index in [9.17, 15) is 14.3 Å². The molecule has 0 bridgehead atoms. The SMILES string of the molecule is Cc1cc(Cl)cc(F)c1[C@@]1(O)[C@H](C)CN(C(=O)CN(C)C)C[C@@H]1C. The van der Waals surface area contributed by atoms with Crippen LogP contribution in [0.5, 0.6) is 0 Å². The quantitative estimate of drug-likeness (QED) is 0.905. The highest BCUT2D eigenvalue weighted by Gasteiger charge is 2.48. The molecule has 1 aliphatic rings. The fraction of sp³-hybridized carbons (Fsp3) is 0.611. The first-order valence-corrected chi connectivity index (χ1v) is 8.56. The Morgan fingerprint density at radius 2 is 1.92 bits per heavy atom. The van der Waals surface area contributed by atoms with Gasteiger partial charge in [0.05, 0.1) is 6.54 Å². The van der Waals surface area contributed by atoms with Gasteiger partial charge in [0.2, 0.25) is 5.91 Å². The number of rotatable bonds is 3. The Labute approximate surface area is 148 Å². The van der Waals surface area contributed by atoms with E-state index in [2.05, 4.69) is 0 Å². The normalized spacial score (nSPS) is 27.6. The molecular weight excluding hydrogens is 331 g/mol. The molecule has 0 radical (unpaired) electrons. The Morgan fingerprint density at radius 3 is 2.38 bits per heavy atom. The summed E-state index contributed by atoms with van der Waals surface area (Å²) in [6.45, 7) is 6.60. The molecule has 4 nitrogen and oxygen atoms in total. The van der Waals surface area contributed by atoms with Crippen LogP contribution in [-0.4, -0.2) is 54.5 Å². The highest BCUT2D eigenvalue weighted by atomic mass is 35.5. The van der Waals surface area contributed by atoms with E-state index >= 15 is 0 Å². The lowest BCUT2D eigenvalue weighted by Crippen LogP contribution is -2.57. The van der Waals surface area contributed by atoms with Crippen LogP contribution in [0.25, 0.3) is 0 Å². The lowest BCUT2D eigenvalue weighted by molar-refractivity contribution is -0.150. The van der Waals surface area contributed by atoms with Crippen LogP contribution in [0, 0.1) is 24.6 Å². The Balaban J connectivity index is 2.34. The highest BCUT2D eigenvalue weighted by Crippen LogP contribution is 2.44. The number of nitrogens with zero attached hydrogens (tertiary/aromatic N) is 2. The molecule has 3 atom stereocenters. The zero-order valence-electron chi connectivity index (χ0n) is 14.9. The average molecular weight is 357 g/mol. The number of carbonyl (C=O) groups excluding carboxylic acids is 1. The van der Waals surface area contributed by atoms with Gasteiger partial charge in [0, 0.05) is 35.5 Å². The number of hydrogen-bond acceptors (Lipinski definition) is 3. The summed E-state index contributed by atoms with van der Waals surface area (Å²) in [6, 6.07) is 2.91. The molecule has 24 heavy (non-hydrogen) atoms. The third-order valence-corrected chi connectivity index (χ3v) is 5.17. The number of amides is 1. The second-order valence-electron chi connectivity index (χ2n) is 7.24. The Kier molecular flexibility index (Phi) is 5.57. The molecule has 1 fully saturated rings. The minimum absolute atomic E-state index is 0.0223. The van der Waals surface area contributed by atoms with Crippen molar-refractivity contribution in [2.45, 2.75) is 26.4 Å². The van der Waals surface area contributed by atoms with Gasteiger partial charge in [-0.15, -0.1) is 0 Å². The fourth-order valence-corrected chi connectivity index (χ4v) is 4.04. The highest BCUT2D eigenvalue weighted by molar-refractivity contribution is 6.30. The standard InChI is InChI=1S/C18H26ClFN2O2/c1-11-6-14(19)7-15(20)17(11)18(24)12(2)8-22(9-13(18)3)16(23)10-21(4)5/h6-7,12-13,24H,8-10H2,1-5H3/t12-,13+,18-. The van der Waals surface area contributed by atoms with Crippen LogP contribution in [-0.2, 0) is 10.4 Å². The van der Waals surface area contributed by atoms with Crippen molar-refractivity contribution >= 4 is 17.5 Å². The van der Waals surface area contributed by atoms with Crippen LogP contribution >= 0.6 is 11.6 Å². The van der Waals surface area contributed by atoms with Gasteiger partial charge in [-0.1, -0.05) is 25.4 Å². The topological polar surface area (TPSA) is 43.8 Å². The van der Waals surface area contributed by atoms with Gasteiger partial charge in [-0.2, -0.15) is 0 Å². The molecule has 0 spiro atoms. The minimum atomic E-state index is -1.33. The molecule has 0 aliphatic carbocycles. The van der Waals surface area contributed by atoms with Crippen molar-refractivity contribution in [3.05, 3.63) is 34.1 Å². The molecule has 1 heterocycles. The fourth-order valence-electron chi connectivity index (χ4n) is 3.78. The number of likely N-dealkylation sites (tertiary alicyclic amines) is 1. The van der Waals surface area contributed by atoms with E-state index < -0.39 is 11.4 Å². The Bertz CT molecular complexity index is 600. The number of hydrogen-bond donors (Lipinski definition) is 1. The molecule has 1 aromatic carbocycles. The van der Waals surface area contributed by atoms with Crippen LogP contribution in [0.2, 0.25) is 5.02 Å². The Hall–Kier alpha value is -1.17. The van der Waals surface area contributed by atoms with E-state index in [4.69, 9.17) is 11.6 Å². The average Bonchev–Trinajstić information content (AvgIpc) is 2.42. The van der Waals surface area contributed by atoms with Gasteiger partial charge in [-0.25, -0.2) is 4.39 Å². The van der Waals surface area contributed by atoms with Crippen molar-refractivity contribution in [2.24, 2.45) is 11.8 Å². The summed E-state index contributed by atoms with van der Waals surface area (Å²) < 4.78 is 14.6. The third kappa shape index (κ3) is 3.44. The van der Waals surface area contributed by atoms with E-state index in [0.29, 0.717) is 35.8 Å². The van der Waals surface area contributed by atoms with Crippen LogP contribution in [0.15, 0.2) is 12.1 Å².